The summed E-state index contributed by atoms with van der Waals surface area (Å²) < 4.78 is 0. The fourth-order valence-corrected chi connectivity index (χ4v) is 3.16. The number of anilines is 1. The van der Waals surface area contributed by atoms with Gasteiger partial charge in [-0.1, -0.05) is 48.0 Å². The second kappa shape index (κ2) is 8.24. The average Bonchev–Trinajstić information content (AvgIpc) is 2.71. The molecule has 0 spiro atoms. The van der Waals surface area contributed by atoms with Crippen LogP contribution in [-0.4, -0.2) is 29.8 Å². The molecule has 2 aromatic carbocycles. The van der Waals surface area contributed by atoms with Crippen LogP contribution in [0.15, 0.2) is 60.7 Å². The molecule has 28 heavy (non-hydrogen) atoms. The minimum atomic E-state index is -1.25. The molecule has 2 aromatic rings. The second-order valence-corrected chi connectivity index (χ2v) is 6.74. The molecule has 0 saturated carbocycles. The summed E-state index contributed by atoms with van der Waals surface area (Å²) >= 11 is 5.94. The lowest BCUT2D eigenvalue weighted by molar-refractivity contribution is -0.137. The third kappa shape index (κ3) is 3.90. The molecule has 1 heterocycles. The first kappa shape index (κ1) is 19.6. The SMILES string of the molecule is NNC(=O)CNC(=O)C1(/C=C/c2ccccc2)CC(=O)N1c1ccc(Cl)cc1. The Bertz CT molecular complexity index is 915. The van der Waals surface area contributed by atoms with Crippen molar-refractivity contribution in [1.82, 2.24) is 10.7 Å². The van der Waals surface area contributed by atoms with E-state index in [4.69, 9.17) is 17.4 Å². The van der Waals surface area contributed by atoms with Gasteiger partial charge in [0.05, 0.1) is 13.0 Å². The van der Waals surface area contributed by atoms with E-state index in [2.05, 4.69) is 5.32 Å². The van der Waals surface area contributed by atoms with Crippen LogP contribution in [0.2, 0.25) is 5.02 Å². The Kier molecular flexibility index (Phi) is 5.77. The van der Waals surface area contributed by atoms with Crippen LogP contribution in [0.1, 0.15) is 12.0 Å². The molecular weight excluding hydrogens is 380 g/mol. The van der Waals surface area contributed by atoms with E-state index in [-0.39, 0.29) is 18.9 Å². The van der Waals surface area contributed by atoms with E-state index in [9.17, 15) is 14.4 Å². The Labute approximate surface area is 167 Å². The van der Waals surface area contributed by atoms with Crippen molar-refractivity contribution >= 4 is 41.1 Å². The van der Waals surface area contributed by atoms with Gasteiger partial charge >= 0.3 is 0 Å². The zero-order valence-corrected chi connectivity index (χ0v) is 15.6. The largest absolute Gasteiger partial charge is 0.345 e. The van der Waals surface area contributed by atoms with Crippen molar-refractivity contribution in [2.75, 3.05) is 11.4 Å². The summed E-state index contributed by atoms with van der Waals surface area (Å²) in [5.74, 6) is 3.83. The lowest BCUT2D eigenvalue weighted by Gasteiger charge is -2.48. The number of halogens is 1. The number of hydrogen-bond acceptors (Lipinski definition) is 4. The Morgan fingerprint density at radius 3 is 2.43 bits per heavy atom. The van der Waals surface area contributed by atoms with Crippen LogP contribution in [-0.2, 0) is 14.4 Å². The molecule has 4 N–H and O–H groups in total. The van der Waals surface area contributed by atoms with Gasteiger partial charge in [-0.15, -0.1) is 0 Å². The van der Waals surface area contributed by atoms with Crippen molar-refractivity contribution in [2.45, 2.75) is 12.0 Å². The Balaban J connectivity index is 1.95. The summed E-state index contributed by atoms with van der Waals surface area (Å²) in [6.07, 6.45) is 3.43. The molecule has 1 aliphatic heterocycles. The summed E-state index contributed by atoms with van der Waals surface area (Å²) in [5, 5.41) is 3.06. The van der Waals surface area contributed by atoms with Crippen LogP contribution in [0.5, 0.6) is 0 Å². The number of amides is 3. The molecule has 1 unspecified atom stereocenters. The molecule has 8 heteroatoms. The summed E-state index contributed by atoms with van der Waals surface area (Å²) in [6.45, 7) is -0.293. The summed E-state index contributed by atoms with van der Waals surface area (Å²) in [7, 11) is 0. The molecular formula is C20H19ClN4O3. The first-order valence-corrected chi connectivity index (χ1v) is 8.95. The normalized spacial score (nSPS) is 18.6. The van der Waals surface area contributed by atoms with Gasteiger partial charge in [0, 0.05) is 10.7 Å². The van der Waals surface area contributed by atoms with Crippen LogP contribution in [0.4, 0.5) is 5.69 Å². The number of hydrogen-bond donors (Lipinski definition) is 3. The molecule has 7 nitrogen and oxygen atoms in total. The third-order valence-corrected chi connectivity index (χ3v) is 4.72. The van der Waals surface area contributed by atoms with Crippen LogP contribution >= 0.6 is 11.6 Å². The Morgan fingerprint density at radius 2 is 1.82 bits per heavy atom. The minimum Gasteiger partial charge on any atom is -0.345 e. The number of benzene rings is 2. The van der Waals surface area contributed by atoms with Crippen molar-refractivity contribution in [1.29, 1.82) is 0 Å². The zero-order valence-electron chi connectivity index (χ0n) is 14.9. The number of carbonyl (C=O) groups is 3. The molecule has 0 radical (unpaired) electrons. The van der Waals surface area contributed by atoms with Gasteiger partial charge in [-0.3, -0.25) is 24.7 Å². The van der Waals surface area contributed by atoms with E-state index in [0.717, 1.165) is 5.56 Å². The predicted octanol–water partition coefficient (Wildman–Crippen LogP) is 1.64. The molecule has 0 aromatic heterocycles. The van der Waals surface area contributed by atoms with Gasteiger partial charge < -0.3 is 5.32 Å². The van der Waals surface area contributed by atoms with Crippen LogP contribution < -0.4 is 21.5 Å². The van der Waals surface area contributed by atoms with Crippen LogP contribution in [0.3, 0.4) is 0 Å². The van der Waals surface area contributed by atoms with Crippen LogP contribution in [0, 0.1) is 0 Å². The molecule has 1 fully saturated rings. The standard InChI is InChI=1S/C20H19ClN4O3/c21-15-6-8-16(9-7-15)25-18(27)12-20(25,19(28)23-13-17(26)24-22)11-10-14-4-2-1-3-5-14/h1-11H,12-13,22H2,(H,23,28)(H,24,26)/b11-10+. The number of hydrazine groups is 1. The molecule has 0 bridgehead atoms. The zero-order chi connectivity index (χ0) is 20.1. The number of carbonyl (C=O) groups excluding carboxylic acids is 3. The number of β-lactam (4-membered cyclic amide) rings is 1. The van der Waals surface area contributed by atoms with Gasteiger partial charge in [0.2, 0.25) is 5.91 Å². The van der Waals surface area contributed by atoms with Gasteiger partial charge in [-0.25, -0.2) is 5.84 Å². The van der Waals surface area contributed by atoms with E-state index in [1.165, 1.54) is 4.90 Å². The molecule has 3 rings (SSSR count). The maximum absolute atomic E-state index is 13.0. The predicted molar refractivity (Wildman–Crippen MR) is 107 cm³/mol. The van der Waals surface area contributed by atoms with Crippen molar-refractivity contribution in [2.24, 2.45) is 5.84 Å². The van der Waals surface area contributed by atoms with Gasteiger partial charge in [0.25, 0.3) is 11.8 Å². The lowest BCUT2D eigenvalue weighted by atomic mass is 9.81. The summed E-state index contributed by atoms with van der Waals surface area (Å²) in [5.41, 5.74) is 2.12. The Hall–Kier alpha value is -3.16. The highest BCUT2D eigenvalue weighted by Gasteiger charge is 2.55. The average molecular weight is 399 g/mol. The highest BCUT2D eigenvalue weighted by Crippen LogP contribution is 2.39. The third-order valence-electron chi connectivity index (χ3n) is 4.47. The topological polar surface area (TPSA) is 105 Å². The molecule has 3 amide bonds. The molecule has 0 aliphatic carbocycles. The summed E-state index contributed by atoms with van der Waals surface area (Å²) in [4.78, 5) is 38.2. The smallest absolute Gasteiger partial charge is 0.253 e. The quantitative estimate of drug-likeness (QED) is 0.298. The highest BCUT2D eigenvalue weighted by molar-refractivity contribution is 6.30. The van der Waals surface area contributed by atoms with E-state index in [1.54, 1.807) is 36.4 Å². The van der Waals surface area contributed by atoms with E-state index < -0.39 is 17.4 Å². The Morgan fingerprint density at radius 1 is 1.14 bits per heavy atom. The number of rotatable bonds is 6. The maximum Gasteiger partial charge on any atom is 0.253 e. The first-order valence-electron chi connectivity index (χ1n) is 8.57. The maximum atomic E-state index is 13.0. The van der Waals surface area contributed by atoms with Crippen molar-refractivity contribution < 1.29 is 14.4 Å². The minimum absolute atomic E-state index is 0.0188. The highest BCUT2D eigenvalue weighted by atomic mass is 35.5. The van der Waals surface area contributed by atoms with Crippen molar-refractivity contribution in [3.8, 4) is 0 Å². The molecule has 1 saturated heterocycles. The fourth-order valence-electron chi connectivity index (χ4n) is 3.04. The van der Waals surface area contributed by atoms with Crippen molar-refractivity contribution in [3.63, 3.8) is 0 Å². The van der Waals surface area contributed by atoms with Gasteiger partial charge in [0.15, 0.2) is 5.54 Å². The van der Waals surface area contributed by atoms with E-state index >= 15 is 0 Å². The lowest BCUT2D eigenvalue weighted by Crippen LogP contribution is -2.70. The van der Waals surface area contributed by atoms with E-state index in [0.29, 0.717) is 10.7 Å². The van der Waals surface area contributed by atoms with Gasteiger partial charge in [-0.2, -0.15) is 0 Å². The van der Waals surface area contributed by atoms with Gasteiger partial charge in [-0.05, 0) is 35.9 Å². The molecule has 144 valence electrons. The van der Waals surface area contributed by atoms with Crippen LogP contribution in [0.25, 0.3) is 6.08 Å². The molecule has 1 aliphatic rings. The van der Waals surface area contributed by atoms with Gasteiger partial charge in [0.1, 0.15) is 0 Å². The first-order chi connectivity index (χ1) is 13.5. The number of nitrogens with one attached hydrogen (secondary N) is 2. The summed E-state index contributed by atoms with van der Waals surface area (Å²) in [6, 6.07) is 16.0. The number of nitrogens with zero attached hydrogens (tertiary/aromatic N) is 1. The fraction of sp³-hybridized carbons (Fsp3) is 0.150. The second-order valence-electron chi connectivity index (χ2n) is 6.30. The number of nitrogens with two attached hydrogens (primary N) is 1. The monoisotopic (exact) mass is 398 g/mol. The van der Waals surface area contributed by atoms with E-state index in [1.807, 2.05) is 35.8 Å². The molecule has 1 atom stereocenters. The van der Waals surface area contributed by atoms with Crippen molar-refractivity contribution in [3.05, 3.63) is 71.3 Å².